The van der Waals surface area contributed by atoms with Crippen LogP contribution < -0.4 is 10.6 Å². The number of hydrogen-bond acceptors (Lipinski definition) is 6. The molecule has 4 rings (SSSR count). The van der Waals surface area contributed by atoms with E-state index in [-0.39, 0.29) is 29.0 Å². The van der Waals surface area contributed by atoms with Gasteiger partial charge in [-0.05, 0) is 42.5 Å². The van der Waals surface area contributed by atoms with Crippen LogP contribution in [-0.2, 0) is 11.2 Å². The van der Waals surface area contributed by atoms with E-state index in [0.29, 0.717) is 32.4 Å². The van der Waals surface area contributed by atoms with E-state index in [9.17, 15) is 18.8 Å². The summed E-state index contributed by atoms with van der Waals surface area (Å²) in [7, 11) is 0. The summed E-state index contributed by atoms with van der Waals surface area (Å²) in [4.78, 5) is 48.7. The Morgan fingerprint density at radius 3 is 2.58 bits per heavy atom. The number of thiophene rings is 1. The van der Waals surface area contributed by atoms with Gasteiger partial charge < -0.3 is 15.5 Å². The highest BCUT2D eigenvalue weighted by molar-refractivity contribution is 7.10. The Morgan fingerprint density at radius 1 is 1.06 bits per heavy atom. The average molecular weight is 468 g/mol. The maximum Gasteiger partial charge on any atom is 0.273 e. The van der Waals surface area contributed by atoms with Gasteiger partial charge in [0.2, 0.25) is 5.91 Å². The fraction of sp³-hybridized carbons (Fsp3) is 0.261. The van der Waals surface area contributed by atoms with Gasteiger partial charge in [0.25, 0.3) is 11.8 Å². The van der Waals surface area contributed by atoms with Crippen molar-refractivity contribution in [1.82, 2.24) is 20.2 Å². The molecule has 3 aromatic rings. The first-order chi connectivity index (χ1) is 16.0. The van der Waals surface area contributed by atoms with Crippen LogP contribution in [0.25, 0.3) is 0 Å². The Kier molecular flexibility index (Phi) is 7.04. The molecule has 170 valence electrons. The Morgan fingerprint density at radius 2 is 1.85 bits per heavy atom. The van der Waals surface area contributed by atoms with Crippen LogP contribution in [0.3, 0.4) is 0 Å². The Hall–Kier alpha value is -3.66. The minimum Gasteiger partial charge on any atom is -0.348 e. The van der Waals surface area contributed by atoms with Gasteiger partial charge in [0.1, 0.15) is 5.82 Å². The van der Waals surface area contributed by atoms with Crippen LogP contribution in [0.4, 0.5) is 10.2 Å². The maximum atomic E-state index is 13.4. The highest BCUT2D eigenvalue weighted by Crippen LogP contribution is 2.17. The number of halogens is 1. The van der Waals surface area contributed by atoms with Gasteiger partial charge in [-0.3, -0.25) is 14.4 Å². The lowest BCUT2D eigenvalue weighted by Crippen LogP contribution is -2.47. The zero-order valence-electron chi connectivity index (χ0n) is 17.7. The lowest BCUT2D eigenvalue weighted by atomic mass is 10.0. The summed E-state index contributed by atoms with van der Waals surface area (Å²) in [6.45, 7) is 1.11. The van der Waals surface area contributed by atoms with Crippen LogP contribution in [0, 0.1) is 5.82 Å². The third-order valence-electron chi connectivity index (χ3n) is 5.32. The molecule has 0 saturated carbocycles. The van der Waals surface area contributed by atoms with Gasteiger partial charge in [-0.2, -0.15) is 0 Å². The molecule has 1 aliphatic rings. The molecule has 1 aliphatic heterocycles. The molecule has 0 bridgehead atoms. The summed E-state index contributed by atoms with van der Waals surface area (Å²) in [5.74, 6) is -1.53. The van der Waals surface area contributed by atoms with Crippen molar-refractivity contribution in [2.45, 2.75) is 25.3 Å². The Balaban J connectivity index is 1.34. The fourth-order valence-electron chi connectivity index (χ4n) is 3.61. The summed E-state index contributed by atoms with van der Waals surface area (Å²) in [5, 5.41) is 7.39. The van der Waals surface area contributed by atoms with E-state index in [0.717, 1.165) is 10.9 Å². The van der Waals surface area contributed by atoms with Crippen molar-refractivity contribution in [3.8, 4) is 0 Å². The summed E-state index contributed by atoms with van der Waals surface area (Å²) in [6.07, 6.45) is 4.34. The molecule has 2 aromatic heterocycles. The molecular formula is C23H22FN5O3S. The number of carbonyl (C=O) groups is 3. The zero-order chi connectivity index (χ0) is 23.2. The zero-order valence-corrected chi connectivity index (χ0v) is 18.5. The number of nitrogens with zero attached hydrogens (tertiary/aromatic N) is 3. The largest absolute Gasteiger partial charge is 0.348 e. The normalized spacial score (nSPS) is 14.0. The minimum absolute atomic E-state index is 0.00665. The summed E-state index contributed by atoms with van der Waals surface area (Å²) in [5.41, 5.74) is 0.0741. The van der Waals surface area contributed by atoms with E-state index in [2.05, 4.69) is 20.6 Å². The molecule has 3 heterocycles. The van der Waals surface area contributed by atoms with Crippen LogP contribution >= 0.6 is 11.3 Å². The molecule has 0 unspecified atom stereocenters. The summed E-state index contributed by atoms with van der Waals surface area (Å²) in [6, 6.07) is 8.96. The van der Waals surface area contributed by atoms with Gasteiger partial charge in [-0.25, -0.2) is 14.4 Å². The van der Waals surface area contributed by atoms with Crippen LogP contribution in [0.15, 0.2) is 54.2 Å². The predicted octanol–water partition coefficient (Wildman–Crippen LogP) is 2.89. The standard InChI is InChI=1S/C23H22FN5O3S/c24-16-4-1-3-15(13-16)22(31)28-21-20(25-8-9-26-21)23(32)27-17-6-10-29(11-7-17)19(30)14-18-5-2-12-33-18/h1-5,8-9,12-13,17H,6-7,10-11,14H2,(H,27,32)(H,26,28,31). The van der Waals surface area contributed by atoms with Gasteiger partial charge >= 0.3 is 0 Å². The maximum absolute atomic E-state index is 13.4. The predicted molar refractivity (Wildman–Crippen MR) is 121 cm³/mol. The van der Waals surface area contributed by atoms with Crippen molar-refractivity contribution >= 4 is 34.9 Å². The Labute approximate surface area is 193 Å². The number of amides is 3. The van der Waals surface area contributed by atoms with Crippen LogP contribution in [0.5, 0.6) is 0 Å². The lowest BCUT2D eigenvalue weighted by Gasteiger charge is -2.32. The molecule has 1 fully saturated rings. The van der Waals surface area contributed by atoms with Gasteiger partial charge in [0.15, 0.2) is 11.5 Å². The molecule has 8 nitrogen and oxygen atoms in total. The number of anilines is 1. The van der Waals surface area contributed by atoms with Gasteiger partial charge in [0, 0.05) is 42.0 Å². The highest BCUT2D eigenvalue weighted by Gasteiger charge is 2.26. The molecular weight excluding hydrogens is 445 g/mol. The first-order valence-corrected chi connectivity index (χ1v) is 11.4. The molecule has 33 heavy (non-hydrogen) atoms. The molecule has 2 N–H and O–H groups in total. The van der Waals surface area contributed by atoms with Crippen molar-refractivity contribution in [3.05, 3.63) is 76.1 Å². The number of hydrogen-bond donors (Lipinski definition) is 2. The summed E-state index contributed by atoms with van der Waals surface area (Å²) >= 11 is 1.56. The fourth-order valence-corrected chi connectivity index (χ4v) is 4.30. The molecule has 0 atom stereocenters. The molecule has 10 heteroatoms. The van der Waals surface area contributed by atoms with Crippen LogP contribution in [0.2, 0.25) is 0 Å². The number of nitrogens with one attached hydrogen (secondary N) is 2. The second kappa shape index (κ2) is 10.3. The number of piperidine rings is 1. The van der Waals surface area contributed by atoms with E-state index in [4.69, 9.17) is 0 Å². The van der Waals surface area contributed by atoms with E-state index in [1.807, 2.05) is 22.4 Å². The Bertz CT molecular complexity index is 1150. The third kappa shape index (κ3) is 5.78. The van der Waals surface area contributed by atoms with Gasteiger partial charge in [-0.15, -0.1) is 11.3 Å². The van der Waals surface area contributed by atoms with Gasteiger partial charge in [-0.1, -0.05) is 12.1 Å². The van der Waals surface area contributed by atoms with Crippen molar-refractivity contribution < 1.29 is 18.8 Å². The van der Waals surface area contributed by atoms with Crippen molar-refractivity contribution in [1.29, 1.82) is 0 Å². The smallest absolute Gasteiger partial charge is 0.273 e. The number of carbonyl (C=O) groups excluding carboxylic acids is 3. The number of aromatic nitrogens is 2. The average Bonchev–Trinajstić information content (AvgIpc) is 3.33. The van der Waals surface area contributed by atoms with Crippen LogP contribution in [-0.4, -0.2) is 51.7 Å². The van der Waals surface area contributed by atoms with E-state index in [1.165, 1.54) is 30.6 Å². The van der Waals surface area contributed by atoms with Gasteiger partial charge in [0.05, 0.1) is 6.42 Å². The highest BCUT2D eigenvalue weighted by atomic mass is 32.1. The number of likely N-dealkylation sites (tertiary alicyclic amines) is 1. The number of rotatable bonds is 6. The van der Waals surface area contributed by atoms with E-state index >= 15 is 0 Å². The third-order valence-corrected chi connectivity index (χ3v) is 6.20. The SMILES string of the molecule is O=C(Nc1nccnc1C(=O)NC1CCN(C(=O)Cc2cccs2)CC1)c1cccc(F)c1. The first kappa shape index (κ1) is 22.5. The summed E-state index contributed by atoms with van der Waals surface area (Å²) < 4.78 is 13.4. The lowest BCUT2D eigenvalue weighted by molar-refractivity contribution is -0.131. The first-order valence-electron chi connectivity index (χ1n) is 10.5. The van der Waals surface area contributed by atoms with Crippen molar-refractivity contribution in [2.75, 3.05) is 18.4 Å². The molecule has 0 radical (unpaired) electrons. The number of benzene rings is 1. The quantitative estimate of drug-likeness (QED) is 0.580. The van der Waals surface area contributed by atoms with Crippen LogP contribution in [0.1, 0.15) is 38.6 Å². The topological polar surface area (TPSA) is 104 Å². The monoisotopic (exact) mass is 467 g/mol. The molecule has 3 amide bonds. The van der Waals surface area contributed by atoms with E-state index < -0.39 is 17.6 Å². The van der Waals surface area contributed by atoms with E-state index in [1.54, 1.807) is 11.3 Å². The molecule has 0 spiro atoms. The molecule has 1 aromatic carbocycles. The minimum atomic E-state index is -0.596. The molecule has 0 aliphatic carbocycles. The molecule has 1 saturated heterocycles. The second-order valence-electron chi connectivity index (χ2n) is 7.60. The second-order valence-corrected chi connectivity index (χ2v) is 8.63. The van der Waals surface area contributed by atoms with Crippen molar-refractivity contribution in [3.63, 3.8) is 0 Å². The van der Waals surface area contributed by atoms with Crippen molar-refractivity contribution in [2.24, 2.45) is 0 Å².